The first kappa shape index (κ1) is 17.8. The maximum atomic E-state index is 6.02. The third-order valence-corrected chi connectivity index (χ3v) is 3.88. The fourth-order valence-electron chi connectivity index (χ4n) is 2.48. The third kappa shape index (κ3) is 4.19. The van der Waals surface area contributed by atoms with Crippen LogP contribution in [0, 0.1) is 0 Å². The van der Waals surface area contributed by atoms with E-state index in [1.807, 2.05) is 0 Å². The van der Waals surface area contributed by atoms with Gasteiger partial charge in [-0.2, -0.15) is 0 Å². The van der Waals surface area contributed by atoms with Gasteiger partial charge in [-0.25, -0.2) is 0 Å². The van der Waals surface area contributed by atoms with Crippen LogP contribution < -0.4 is 5.73 Å². The molecule has 0 aliphatic carbocycles. The van der Waals surface area contributed by atoms with E-state index in [0.717, 1.165) is 13.0 Å². The fraction of sp³-hybridized carbons (Fsp3) is 1.00. The van der Waals surface area contributed by atoms with Gasteiger partial charge in [-0.3, -0.25) is 4.90 Å². The van der Waals surface area contributed by atoms with Gasteiger partial charge in [0.1, 0.15) is 0 Å². The number of hydrogen-bond acceptors (Lipinski definition) is 4. The Labute approximate surface area is 113 Å². The lowest BCUT2D eigenvalue weighted by Gasteiger charge is -2.47. The molecule has 0 saturated heterocycles. The van der Waals surface area contributed by atoms with Crippen molar-refractivity contribution in [3.05, 3.63) is 0 Å². The van der Waals surface area contributed by atoms with Gasteiger partial charge in [-0.05, 0) is 33.2 Å². The van der Waals surface area contributed by atoms with E-state index in [2.05, 4.69) is 32.6 Å². The molecule has 4 heteroatoms. The van der Waals surface area contributed by atoms with Crippen LogP contribution in [0.2, 0.25) is 0 Å². The Morgan fingerprint density at radius 1 is 1.22 bits per heavy atom. The SMILES string of the molecule is CCCCN(C(C)CC)C(C)(CN)C(OC)OC. The molecule has 0 aromatic carbocycles. The summed E-state index contributed by atoms with van der Waals surface area (Å²) in [6.45, 7) is 10.3. The van der Waals surface area contributed by atoms with Crippen molar-refractivity contribution >= 4 is 0 Å². The summed E-state index contributed by atoms with van der Waals surface area (Å²) < 4.78 is 10.9. The zero-order chi connectivity index (χ0) is 14.2. The van der Waals surface area contributed by atoms with E-state index in [-0.39, 0.29) is 11.8 Å². The van der Waals surface area contributed by atoms with Gasteiger partial charge in [-0.1, -0.05) is 20.3 Å². The van der Waals surface area contributed by atoms with Crippen LogP contribution in [-0.4, -0.2) is 50.1 Å². The average Bonchev–Trinajstić information content (AvgIpc) is 2.39. The van der Waals surface area contributed by atoms with Crippen LogP contribution in [0.25, 0.3) is 0 Å². The van der Waals surface area contributed by atoms with E-state index in [1.165, 1.54) is 12.8 Å². The predicted molar refractivity (Wildman–Crippen MR) is 76.6 cm³/mol. The Morgan fingerprint density at radius 2 is 1.78 bits per heavy atom. The van der Waals surface area contributed by atoms with Gasteiger partial charge in [0.2, 0.25) is 0 Å². The first-order valence-electron chi connectivity index (χ1n) is 7.04. The molecule has 2 atom stereocenters. The van der Waals surface area contributed by atoms with Crippen molar-refractivity contribution in [2.75, 3.05) is 27.3 Å². The topological polar surface area (TPSA) is 47.7 Å². The first-order valence-corrected chi connectivity index (χ1v) is 7.04. The highest BCUT2D eigenvalue weighted by atomic mass is 16.7. The molecular weight excluding hydrogens is 228 g/mol. The predicted octanol–water partition coefficient (Wildman–Crippen LogP) is 2.22. The Morgan fingerprint density at radius 3 is 2.11 bits per heavy atom. The molecule has 0 saturated carbocycles. The van der Waals surface area contributed by atoms with E-state index in [4.69, 9.17) is 15.2 Å². The van der Waals surface area contributed by atoms with E-state index < -0.39 is 0 Å². The number of unbranched alkanes of at least 4 members (excludes halogenated alkanes) is 1. The maximum Gasteiger partial charge on any atom is 0.176 e. The summed E-state index contributed by atoms with van der Waals surface area (Å²) in [7, 11) is 3.35. The van der Waals surface area contributed by atoms with Crippen molar-refractivity contribution < 1.29 is 9.47 Å². The number of methoxy groups -OCH3 is 2. The zero-order valence-electron chi connectivity index (χ0n) is 13.0. The van der Waals surface area contributed by atoms with Crippen LogP contribution >= 0.6 is 0 Å². The lowest BCUT2D eigenvalue weighted by molar-refractivity contribution is -0.187. The smallest absolute Gasteiger partial charge is 0.176 e. The van der Waals surface area contributed by atoms with Crippen LogP contribution in [0.5, 0.6) is 0 Å². The lowest BCUT2D eigenvalue weighted by Crippen LogP contribution is -2.63. The Hall–Kier alpha value is -0.160. The summed E-state index contributed by atoms with van der Waals surface area (Å²) in [5, 5.41) is 0. The molecule has 0 radical (unpaired) electrons. The second-order valence-electron chi connectivity index (χ2n) is 5.17. The molecule has 0 fully saturated rings. The minimum Gasteiger partial charge on any atom is -0.354 e. The molecule has 4 nitrogen and oxygen atoms in total. The van der Waals surface area contributed by atoms with Crippen molar-refractivity contribution in [3.8, 4) is 0 Å². The first-order chi connectivity index (χ1) is 8.51. The van der Waals surface area contributed by atoms with Crippen LogP contribution in [0.3, 0.4) is 0 Å². The average molecular weight is 260 g/mol. The van der Waals surface area contributed by atoms with Crippen LogP contribution in [0.1, 0.15) is 47.0 Å². The molecule has 0 aromatic heterocycles. The van der Waals surface area contributed by atoms with Gasteiger partial charge < -0.3 is 15.2 Å². The van der Waals surface area contributed by atoms with Crippen molar-refractivity contribution in [3.63, 3.8) is 0 Å². The molecule has 0 aliphatic heterocycles. The normalized spacial score (nSPS) is 17.2. The van der Waals surface area contributed by atoms with Gasteiger partial charge in [0.05, 0.1) is 5.54 Å². The Kier molecular flexibility index (Phi) is 8.78. The molecular formula is C14H32N2O2. The third-order valence-electron chi connectivity index (χ3n) is 3.88. The highest BCUT2D eigenvalue weighted by Gasteiger charge is 2.41. The summed E-state index contributed by atoms with van der Waals surface area (Å²) in [4.78, 5) is 2.44. The van der Waals surface area contributed by atoms with Crippen molar-refractivity contribution in [2.45, 2.75) is 64.8 Å². The molecule has 0 aliphatic rings. The van der Waals surface area contributed by atoms with E-state index >= 15 is 0 Å². The van der Waals surface area contributed by atoms with Crippen LogP contribution in [0.15, 0.2) is 0 Å². The van der Waals surface area contributed by atoms with Gasteiger partial charge >= 0.3 is 0 Å². The molecule has 0 bridgehead atoms. The number of hydrogen-bond donors (Lipinski definition) is 1. The van der Waals surface area contributed by atoms with Gasteiger partial charge in [-0.15, -0.1) is 0 Å². The van der Waals surface area contributed by atoms with E-state index in [9.17, 15) is 0 Å². The number of nitrogens with zero attached hydrogens (tertiary/aromatic N) is 1. The minimum absolute atomic E-state index is 0.284. The molecule has 0 amide bonds. The number of ether oxygens (including phenoxy) is 2. The zero-order valence-corrected chi connectivity index (χ0v) is 13.0. The molecule has 18 heavy (non-hydrogen) atoms. The van der Waals surface area contributed by atoms with E-state index in [0.29, 0.717) is 12.6 Å². The van der Waals surface area contributed by atoms with Crippen molar-refractivity contribution in [1.82, 2.24) is 4.90 Å². The standard InChI is InChI=1S/C14H32N2O2/c1-7-9-10-16(12(3)8-2)14(4,11-15)13(17-5)18-6/h12-13H,7-11,15H2,1-6H3. The summed E-state index contributed by atoms with van der Waals surface area (Å²) in [6.07, 6.45) is 3.14. The number of rotatable bonds is 10. The molecule has 2 unspecified atom stereocenters. The Balaban J connectivity index is 5.08. The summed E-state index contributed by atoms with van der Waals surface area (Å²) in [6, 6.07) is 0.470. The molecule has 0 spiro atoms. The molecule has 2 N–H and O–H groups in total. The quantitative estimate of drug-likeness (QED) is 0.612. The van der Waals surface area contributed by atoms with Gasteiger partial charge in [0, 0.05) is 26.8 Å². The fourth-order valence-corrected chi connectivity index (χ4v) is 2.48. The van der Waals surface area contributed by atoms with Crippen LogP contribution in [-0.2, 0) is 9.47 Å². The molecule has 0 rings (SSSR count). The highest BCUT2D eigenvalue weighted by molar-refractivity contribution is 4.93. The van der Waals surface area contributed by atoms with Crippen LogP contribution in [0.4, 0.5) is 0 Å². The second kappa shape index (κ2) is 8.86. The van der Waals surface area contributed by atoms with Gasteiger partial charge in [0.15, 0.2) is 6.29 Å². The maximum absolute atomic E-state index is 6.02. The lowest BCUT2D eigenvalue weighted by atomic mass is 9.95. The van der Waals surface area contributed by atoms with Crippen molar-refractivity contribution in [1.29, 1.82) is 0 Å². The van der Waals surface area contributed by atoms with Crippen molar-refractivity contribution in [2.24, 2.45) is 5.73 Å². The highest BCUT2D eigenvalue weighted by Crippen LogP contribution is 2.25. The summed E-state index contributed by atoms with van der Waals surface area (Å²) in [5.41, 5.74) is 5.74. The van der Waals surface area contributed by atoms with E-state index in [1.54, 1.807) is 14.2 Å². The summed E-state index contributed by atoms with van der Waals surface area (Å²) >= 11 is 0. The summed E-state index contributed by atoms with van der Waals surface area (Å²) in [5.74, 6) is 0. The molecule has 110 valence electrons. The monoisotopic (exact) mass is 260 g/mol. The number of nitrogens with two attached hydrogens (primary N) is 1. The minimum atomic E-state index is -0.298. The molecule has 0 heterocycles. The van der Waals surface area contributed by atoms with Gasteiger partial charge in [0.25, 0.3) is 0 Å². The Bertz CT molecular complexity index is 210. The molecule has 0 aromatic rings. The largest absolute Gasteiger partial charge is 0.354 e. The second-order valence-corrected chi connectivity index (χ2v) is 5.17.